The van der Waals surface area contributed by atoms with Gasteiger partial charge in [0.05, 0.1) is 5.02 Å². The molecule has 1 saturated heterocycles. The normalized spacial score (nSPS) is 16.3. The van der Waals surface area contributed by atoms with Crippen LogP contribution in [0.1, 0.15) is 30.3 Å². The largest absolute Gasteiger partial charge is 0.381 e. The minimum atomic E-state index is -0.0225. The smallest absolute Gasteiger partial charge is 0.272 e. The molecule has 1 fully saturated rings. The van der Waals surface area contributed by atoms with Gasteiger partial charge in [0.25, 0.3) is 5.91 Å². The van der Waals surface area contributed by atoms with E-state index in [0.29, 0.717) is 23.2 Å². The highest BCUT2D eigenvalue weighted by Crippen LogP contribution is 2.17. The number of nitrogens with zero attached hydrogens (tertiary/aromatic N) is 2. The fourth-order valence-electron chi connectivity index (χ4n) is 2.26. The number of hydrogen-bond acceptors (Lipinski definition) is 3. The Morgan fingerprint density at radius 1 is 1.47 bits per heavy atom. The lowest BCUT2D eigenvalue weighted by Crippen LogP contribution is -2.37. The summed E-state index contributed by atoms with van der Waals surface area (Å²) in [5.41, 5.74) is 0.457. The second-order valence-electron chi connectivity index (χ2n) is 4.76. The Labute approximate surface area is 118 Å². The second kappa shape index (κ2) is 6.87. The maximum atomic E-state index is 12.3. The molecule has 104 valence electrons. The number of carbonyl (C=O) groups is 1. The van der Waals surface area contributed by atoms with E-state index in [9.17, 15) is 4.79 Å². The first-order valence-electron chi connectivity index (χ1n) is 6.69. The van der Waals surface area contributed by atoms with Crippen molar-refractivity contribution in [2.24, 2.45) is 5.92 Å². The molecule has 5 heteroatoms. The molecule has 0 unspecified atom stereocenters. The van der Waals surface area contributed by atoms with Gasteiger partial charge >= 0.3 is 0 Å². The molecule has 2 rings (SSSR count). The topological polar surface area (TPSA) is 42.4 Å². The van der Waals surface area contributed by atoms with Crippen LogP contribution in [-0.2, 0) is 4.74 Å². The van der Waals surface area contributed by atoms with E-state index in [0.717, 1.165) is 32.6 Å². The van der Waals surface area contributed by atoms with Crippen LogP contribution in [0.2, 0.25) is 5.02 Å². The van der Waals surface area contributed by atoms with Gasteiger partial charge in [0.2, 0.25) is 0 Å². The van der Waals surface area contributed by atoms with E-state index in [1.54, 1.807) is 12.1 Å². The summed E-state index contributed by atoms with van der Waals surface area (Å²) in [7, 11) is 0. The zero-order valence-corrected chi connectivity index (χ0v) is 11.9. The number of carbonyl (C=O) groups excluding carboxylic acids is 1. The SMILES string of the molecule is CCN(CC1CCOCC1)C(=O)c1ccc(Cl)cn1. The third kappa shape index (κ3) is 3.91. The van der Waals surface area contributed by atoms with E-state index < -0.39 is 0 Å². The third-order valence-corrected chi connectivity index (χ3v) is 3.66. The molecule has 1 amide bonds. The van der Waals surface area contributed by atoms with Crippen LogP contribution in [0.15, 0.2) is 18.3 Å². The van der Waals surface area contributed by atoms with Crippen molar-refractivity contribution in [2.45, 2.75) is 19.8 Å². The average molecular weight is 283 g/mol. The van der Waals surface area contributed by atoms with Crippen molar-refractivity contribution in [2.75, 3.05) is 26.3 Å². The highest BCUT2D eigenvalue weighted by molar-refractivity contribution is 6.30. The van der Waals surface area contributed by atoms with E-state index in [4.69, 9.17) is 16.3 Å². The first kappa shape index (κ1) is 14.3. The number of halogens is 1. The lowest BCUT2D eigenvalue weighted by molar-refractivity contribution is 0.0464. The van der Waals surface area contributed by atoms with E-state index in [1.807, 2.05) is 11.8 Å². The van der Waals surface area contributed by atoms with E-state index in [-0.39, 0.29) is 5.91 Å². The molecule has 1 aromatic heterocycles. The Bertz CT molecular complexity index is 416. The average Bonchev–Trinajstić information content (AvgIpc) is 2.46. The number of ether oxygens (including phenoxy) is 1. The van der Waals surface area contributed by atoms with Crippen LogP contribution >= 0.6 is 11.6 Å². The van der Waals surface area contributed by atoms with Crippen molar-refractivity contribution in [3.05, 3.63) is 29.0 Å². The van der Waals surface area contributed by atoms with Crippen LogP contribution in [0, 0.1) is 5.92 Å². The number of pyridine rings is 1. The molecular formula is C14H19ClN2O2. The summed E-state index contributed by atoms with van der Waals surface area (Å²) >= 11 is 5.78. The predicted molar refractivity (Wildman–Crippen MR) is 74.4 cm³/mol. The molecule has 1 aromatic rings. The summed E-state index contributed by atoms with van der Waals surface area (Å²) < 4.78 is 5.34. The standard InChI is InChI=1S/C14H19ClN2O2/c1-2-17(10-11-5-7-19-8-6-11)14(18)13-4-3-12(15)9-16-13/h3-4,9,11H,2,5-8,10H2,1H3. The molecule has 0 atom stereocenters. The van der Waals surface area contributed by atoms with E-state index in [1.165, 1.54) is 6.20 Å². The Morgan fingerprint density at radius 3 is 2.79 bits per heavy atom. The number of aromatic nitrogens is 1. The van der Waals surface area contributed by atoms with Crippen molar-refractivity contribution in [3.8, 4) is 0 Å². The van der Waals surface area contributed by atoms with Gasteiger partial charge in [0.15, 0.2) is 0 Å². The Morgan fingerprint density at radius 2 is 2.21 bits per heavy atom. The van der Waals surface area contributed by atoms with Crippen molar-refractivity contribution in [1.29, 1.82) is 0 Å². The molecule has 0 bridgehead atoms. The summed E-state index contributed by atoms with van der Waals surface area (Å²) in [6, 6.07) is 3.38. The summed E-state index contributed by atoms with van der Waals surface area (Å²) in [4.78, 5) is 18.3. The fraction of sp³-hybridized carbons (Fsp3) is 0.571. The zero-order valence-electron chi connectivity index (χ0n) is 11.1. The highest BCUT2D eigenvalue weighted by Gasteiger charge is 2.21. The number of rotatable bonds is 4. The van der Waals surface area contributed by atoms with Gasteiger partial charge in [0, 0.05) is 32.5 Å². The first-order valence-corrected chi connectivity index (χ1v) is 7.07. The van der Waals surface area contributed by atoms with Crippen LogP contribution in [-0.4, -0.2) is 42.1 Å². The van der Waals surface area contributed by atoms with E-state index >= 15 is 0 Å². The molecule has 1 aliphatic heterocycles. The van der Waals surface area contributed by atoms with Crippen molar-refractivity contribution < 1.29 is 9.53 Å². The van der Waals surface area contributed by atoms with Gasteiger partial charge in [-0.25, -0.2) is 4.98 Å². The van der Waals surface area contributed by atoms with Gasteiger partial charge in [-0.15, -0.1) is 0 Å². The van der Waals surface area contributed by atoms with Gasteiger partial charge < -0.3 is 9.64 Å². The van der Waals surface area contributed by atoms with Crippen molar-refractivity contribution >= 4 is 17.5 Å². The van der Waals surface area contributed by atoms with Crippen molar-refractivity contribution in [3.63, 3.8) is 0 Å². The predicted octanol–water partition coefficient (Wildman–Crippen LogP) is 2.62. The fourth-order valence-corrected chi connectivity index (χ4v) is 2.37. The van der Waals surface area contributed by atoms with Crippen LogP contribution in [0.4, 0.5) is 0 Å². The van der Waals surface area contributed by atoms with Gasteiger partial charge in [-0.2, -0.15) is 0 Å². The maximum absolute atomic E-state index is 12.3. The van der Waals surface area contributed by atoms with Crippen LogP contribution < -0.4 is 0 Å². The maximum Gasteiger partial charge on any atom is 0.272 e. The summed E-state index contributed by atoms with van der Waals surface area (Å²) in [6.07, 6.45) is 3.56. The summed E-state index contributed by atoms with van der Waals surface area (Å²) in [5, 5.41) is 0.545. The highest BCUT2D eigenvalue weighted by atomic mass is 35.5. The number of hydrogen-bond donors (Lipinski definition) is 0. The molecule has 0 N–H and O–H groups in total. The first-order chi connectivity index (χ1) is 9.20. The van der Waals surface area contributed by atoms with Crippen LogP contribution in [0.5, 0.6) is 0 Å². The minimum Gasteiger partial charge on any atom is -0.381 e. The number of amides is 1. The van der Waals surface area contributed by atoms with Gasteiger partial charge in [-0.3, -0.25) is 4.79 Å². The molecular weight excluding hydrogens is 264 g/mol. The molecule has 0 aromatic carbocycles. The van der Waals surface area contributed by atoms with E-state index in [2.05, 4.69) is 4.98 Å². The molecule has 2 heterocycles. The quantitative estimate of drug-likeness (QED) is 0.852. The molecule has 1 aliphatic rings. The molecule has 19 heavy (non-hydrogen) atoms. The minimum absolute atomic E-state index is 0.0225. The zero-order chi connectivity index (χ0) is 13.7. The summed E-state index contributed by atoms with van der Waals surface area (Å²) in [5.74, 6) is 0.510. The summed E-state index contributed by atoms with van der Waals surface area (Å²) in [6.45, 7) is 5.07. The van der Waals surface area contributed by atoms with Gasteiger partial charge in [-0.1, -0.05) is 11.6 Å². The second-order valence-corrected chi connectivity index (χ2v) is 5.20. The van der Waals surface area contributed by atoms with Crippen molar-refractivity contribution in [1.82, 2.24) is 9.88 Å². The molecule has 0 aliphatic carbocycles. The molecule has 0 saturated carbocycles. The molecule has 4 nitrogen and oxygen atoms in total. The molecule has 0 radical (unpaired) electrons. The lowest BCUT2D eigenvalue weighted by atomic mass is 9.99. The van der Waals surface area contributed by atoms with Crippen LogP contribution in [0.3, 0.4) is 0 Å². The molecule has 0 spiro atoms. The monoisotopic (exact) mass is 282 g/mol. The Kier molecular flexibility index (Phi) is 5.16. The third-order valence-electron chi connectivity index (χ3n) is 3.43. The lowest BCUT2D eigenvalue weighted by Gasteiger charge is -2.28. The van der Waals surface area contributed by atoms with Gasteiger partial charge in [-0.05, 0) is 37.8 Å². The van der Waals surface area contributed by atoms with Gasteiger partial charge in [0.1, 0.15) is 5.69 Å². The van der Waals surface area contributed by atoms with Crippen LogP contribution in [0.25, 0.3) is 0 Å². The Balaban J connectivity index is 1.99. The Hall–Kier alpha value is -1.13.